The van der Waals surface area contributed by atoms with E-state index in [-0.39, 0.29) is 35.0 Å². The Hall–Kier alpha value is -2.23. The van der Waals surface area contributed by atoms with Crippen LogP contribution < -0.4 is 0 Å². The Morgan fingerprint density at radius 1 is 1.00 bits per heavy atom. The molecule has 2 bridgehead atoms. The average molecular weight is 266 g/mol. The first-order valence-corrected chi connectivity index (χ1v) is 6.88. The Morgan fingerprint density at radius 2 is 1.70 bits per heavy atom. The molecule has 0 unspecified atom stereocenters. The third kappa shape index (κ3) is 1.51. The van der Waals surface area contributed by atoms with Gasteiger partial charge in [0.15, 0.2) is 11.5 Å². The van der Waals surface area contributed by atoms with Crippen molar-refractivity contribution in [3.05, 3.63) is 53.9 Å². The van der Waals surface area contributed by atoms with E-state index in [1.54, 1.807) is 0 Å². The molecule has 4 rings (SSSR count). The summed E-state index contributed by atoms with van der Waals surface area (Å²) in [6, 6.07) is 9.24. The predicted molar refractivity (Wildman–Crippen MR) is 73.3 cm³/mol. The third-order valence-electron chi connectivity index (χ3n) is 4.58. The van der Waals surface area contributed by atoms with Crippen LogP contribution in [-0.2, 0) is 4.79 Å². The summed E-state index contributed by atoms with van der Waals surface area (Å²) in [5.74, 6) is 0.458. The number of ketones is 1. The lowest BCUT2D eigenvalue weighted by molar-refractivity contribution is -0.119. The van der Waals surface area contributed by atoms with E-state index in [0.717, 1.165) is 6.42 Å². The first-order chi connectivity index (χ1) is 9.75. The van der Waals surface area contributed by atoms with Crippen LogP contribution in [0.2, 0.25) is 0 Å². The number of aliphatic hydroxyl groups excluding tert-OH is 1. The molecule has 4 atom stereocenters. The molecule has 0 saturated heterocycles. The van der Waals surface area contributed by atoms with Crippen molar-refractivity contribution in [2.75, 3.05) is 0 Å². The van der Waals surface area contributed by atoms with Crippen LogP contribution in [0.5, 0.6) is 0 Å². The Morgan fingerprint density at radius 3 is 2.40 bits per heavy atom. The van der Waals surface area contributed by atoms with Crippen LogP contribution in [0.25, 0.3) is 0 Å². The van der Waals surface area contributed by atoms with Gasteiger partial charge in [-0.3, -0.25) is 4.79 Å². The summed E-state index contributed by atoms with van der Waals surface area (Å²) in [6.45, 7) is 0. The number of hydrogen-bond donors (Lipinski definition) is 1. The van der Waals surface area contributed by atoms with Gasteiger partial charge >= 0.3 is 0 Å². The minimum atomic E-state index is -0.116. The molecule has 0 heterocycles. The van der Waals surface area contributed by atoms with Gasteiger partial charge in [0.2, 0.25) is 0 Å². The molecular formula is C16H14N2O2. The van der Waals surface area contributed by atoms with Gasteiger partial charge in [0.05, 0.1) is 5.69 Å². The lowest BCUT2D eigenvalue weighted by Gasteiger charge is -2.18. The highest BCUT2D eigenvalue weighted by molar-refractivity contribution is 6.01. The van der Waals surface area contributed by atoms with Gasteiger partial charge < -0.3 is 5.11 Å². The number of carbonyl (C=O) groups excluding carboxylic acids is 1. The van der Waals surface area contributed by atoms with E-state index in [1.165, 1.54) is 0 Å². The van der Waals surface area contributed by atoms with E-state index >= 15 is 0 Å². The number of allylic oxidation sites excluding steroid dienone is 4. The normalized spacial score (nSPS) is 34.5. The molecule has 0 amide bonds. The molecule has 3 aliphatic carbocycles. The van der Waals surface area contributed by atoms with Crippen LogP contribution in [0.4, 0.5) is 5.69 Å². The van der Waals surface area contributed by atoms with E-state index < -0.39 is 0 Å². The Balaban J connectivity index is 1.66. The molecule has 0 aromatic heterocycles. The van der Waals surface area contributed by atoms with Crippen molar-refractivity contribution in [1.82, 2.24) is 0 Å². The molecule has 4 nitrogen and oxygen atoms in total. The number of carbonyl (C=O) groups is 1. The van der Waals surface area contributed by atoms with Crippen LogP contribution in [0, 0.1) is 23.7 Å². The smallest absolute Gasteiger partial charge is 0.190 e. The van der Waals surface area contributed by atoms with Crippen LogP contribution >= 0.6 is 0 Å². The molecule has 0 spiro atoms. The van der Waals surface area contributed by atoms with Crippen LogP contribution in [-0.4, -0.2) is 10.9 Å². The quantitative estimate of drug-likeness (QED) is 0.657. The van der Waals surface area contributed by atoms with E-state index in [0.29, 0.717) is 11.6 Å². The maximum atomic E-state index is 12.4. The Bertz CT molecular complexity index is 660. The zero-order valence-electron chi connectivity index (χ0n) is 10.8. The second kappa shape index (κ2) is 4.13. The molecule has 0 radical (unpaired) electrons. The van der Waals surface area contributed by atoms with Crippen LogP contribution in [0.1, 0.15) is 6.42 Å². The summed E-state index contributed by atoms with van der Waals surface area (Å²) < 4.78 is 0. The van der Waals surface area contributed by atoms with E-state index in [4.69, 9.17) is 0 Å². The van der Waals surface area contributed by atoms with Crippen molar-refractivity contribution in [1.29, 1.82) is 0 Å². The summed E-state index contributed by atoms with van der Waals surface area (Å²) in [7, 11) is 0. The van der Waals surface area contributed by atoms with Crippen molar-refractivity contribution in [2.24, 2.45) is 33.9 Å². The number of azo groups is 1. The average Bonchev–Trinajstić information content (AvgIpc) is 3.13. The minimum absolute atomic E-state index is 0.0518. The summed E-state index contributed by atoms with van der Waals surface area (Å²) in [5, 5.41) is 18.4. The van der Waals surface area contributed by atoms with E-state index in [1.807, 2.05) is 30.3 Å². The van der Waals surface area contributed by atoms with E-state index in [2.05, 4.69) is 22.4 Å². The van der Waals surface area contributed by atoms with Gasteiger partial charge in [-0.1, -0.05) is 30.4 Å². The topological polar surface area (TPSA) is 62.0 Å². The van der Waals surface area contributed by atoms with Crippen molar-refractivity contribution < 1.29 is 9.90 Å². The van der Waals surface area contributed by atoms with E-state index in [9.17, 15) is 9.90 Å². The molecule has 1 fully saturated rings. The molecule has 3 aliphatic rings. The predicted octanol–water partition coefficient (Wildman–Crippen LogP) is 3.56. The first-order valence-electron chi connectivity index (χ1n) is 6.88. The van der Waals surface area contributed by atoms with Gasteiger partial charge in [0.25, 0.3) is 0 Å². The van der Waals surface area contributed by atoms with Crippen molar-refractivity contribution in [3.8, 4) is 0 Å². The molecule has 20 heavy (non-hydrogen) atoms. The second-order valence-corrected chi connectivity index (χ2v) is 5.63. The number of aliphatic hydroxyl groups is 1. The SMILES string of the molecule is O=C1C(N=Nc2ccccc2)=C(O)[C@H]2[C@@H]1[C@H]1C=C[C@H]2C1. The Kier molecular flexibility index (Phi) is 2.39. The number of hydrogen-bond acceptors (Lipinski definition) is 4. The highest BCUT2D eigenvalue weighted by Crippen LogP contribution is 2.55. The number of nitrogens with zero attached hydrogens (tertiary/aromatic N) is 2. The summed E-state index contributed by atoms with van der Waals surface area (Å²) in [5.41, 5.74) is 0.834. The number of rotatable bonds is 2. The van der Waals surface area contributed by atoms with Crippen molar-refractivity contribution in [3.63, 3.8) is 0 Å². The molecule has 4 heteroatoms. The second-order valence-electron chi connectivity index (χ2n) is 5.63. The largest absolute Gasteiger partial charge is 0.510 e. The van der Waals surface area contributed by atoms with Crippen molar-refractivity contribution >= 4 is 11.5 Å². The zero-order valence-corrected chi connectivity index (χ0v) is 10.8. The van der Waals surface area contributed by atoms with Gasteiger partial charge in [-0.05, 0) is 30.4 Å². The fraction of sp³-hybridized carbons (Fsp3) is 0.312. The highest BCUT2D eigenvalue weighted by atomic mass is 16.3. The van der Waals surface area contributed by atoms with Crippen LogP contribution in [0.15, 0.2) is 64.2 Å². The fourth-order valence-corrected chi connectivity index (χ4v) is 3.70. The minimum Gasteiger partial charge on any atom is -0.510 e. The fourth-order valence-electron chi connectivity index (χ4n) is 3.70. The molecular weight excluding hydrogens is 252 g/mol. The zero-order chi connectivity index (χ0) is 13.7. The van der Waals surface area contributed by atoms with Gasteiger partial charge in [-0.25, -0.2) is 0 Å². The molecule has 1 aromatic rings. The molecule has 1 saturated carbocycles. The summed E-state index contributed by atoms with van der Waals surface area (Å²) in [4.78, 5) is 12.4. The third-order valence-corrected chi connectivity index (χ3v) is 4.58. The Labute approximate surface area is 116 Å². The van der Waals surface area contributed by atoms with Gasteiger partial charge in [0.1, 0.15) is 5.76 Å². The molecule has 0 aliphatic heterocycles. The first kappa shape index (κ1) is 11.6. The van der Waals surface area contributed by atoms with Crippen molar-refractivity contribution in [2.45, 2.75) is 6.42 Å². The molecule has 1 aromatic carbocycles. The summed E-state index contributed by atoms with van der Waals surface area (Å²) in [6.07, 6.45) is 5.20. The molecule has 100 valence electrons. The summed E-state index contributed by atoms with van der Waals surface area (Å²) >= 11 is 0. The monoisotopic (exact) mass is 266 g/mol. The van der Waals surface area contributed by atoms with Crippen LogP contribution in [0.3, 0.4) is 0 Å². The number of benzene rings is 1. The number of fused-ring (bicyclic) bond motifs is 5. The lowest BCUT2D eigenvalue weighted by Crippen LogP contribution is -2.22. The molecule has 1 N–H and O–H groups in total. The highest BCUT2D eigenvalue weighted by Gasteiger charge is 2.55. The maximum Gasteiger partial charge on any atom is 0.190 e. The lowest BCUT2D eigenvalue weighted by atomic mass is 9.84. The maximum absolute atomic E-state index is 12.4. The number of Topliss-reactive ketones (excluding diaryl/α,β-unsaturated/α-hetero) is 1. The van der Waals surface area contributed by atoms with Gasteiger partial charge in [-0.2, -0.15) is 5.11 Å². The van der Waals surface area contributed by atoms with Gasteiger partial charge in [0, 0.05) is 11.8 Å². The van der Waals surface area contributed by atoms with Gasteiger partial charge in [-0.15, -0.1) is 5.11 Å². The standard InChI is InChI=1S/C16H14N2O2/c19-15-12-9-6-7-10(8-9)13(12)16(20)14(15)18-17-11-4-2-1-3-5-11/h1-7,9-10,12-13,19H,8H2/t9-,10-,12+,13-/m0/s1.